The van der Waals surface area contributed by atoms with E-state index < -0.39 is 10.8 Å². The number of carbonyl (C=O) groups is 2. The average Bonchev–Trinajstić information content (AvgIpc) is 2.72. The molecule has 1 aliphatic heterocycles. The van der Waals surface area contributed by atoms with Crippen LogP contribution in [0.1, 0.15) is 10.4 Å². The maximum Gasteiger partial charge on any atom is 0.283 e. The molecular formula is C19H20N4O4S. The number of carbonyl (C=O) groups excluding carboxylic acids is 2. The van der Waals surface area contributed by atoms with E-state index in [0.717, 1.165) is 36.6 Å². The van der Waals surface area contributed by atoms with E-state index in [0.29, 0.717) is 18.0 Å². The molecule has 1 fully saturated rings. The van der Waals surface area contributed by atoms with Crippen molar-refractivity contribution in [2.24, 2.45) is 5.73 Å². The van der Waals surface area contributed by atoms with Crippen LogP contribution in [0.15, 0.2) is 53.4 Å². The average molecular weight is 400 g/mol. The molecular weight excluding hydrogens is 380 g/mol. The van der Waals surface area contributed by atoms with Crippen LogP contribution in [0.25, 0.3) is 0 Å². The van der Waals surface area contributed by atoms with E-state index in [1.807, 2.05) is 30.3 Å². The maximum atomic E-state index is 12.5. The van der Waals surface area contributed by atoms with Gasteiger partial charge in [-0.1, -0.05) is 18.2 Å². The number of para-hydroxylation sites is 1. The number of nitro benzene ring substituents is 1. The largest absolute Gasteiger partial charge is 0.368 e. The number of amides is 2. The number of thioether (sulfide) groups is 1. The third kappa shape index (κ3) is 4.61. The molecule has 9 heteroatoms. The van der Waals surface area contributed by atoms with Crippen molar-refractivity contribution in [3.63, 3.8) is 0 Å². The van der Waals surface area contributed by atoms with E-state index in [2.05, 4.69) is 4.90 Å². The van der Waals surface area contributed by atoms with Crippen molar-refractivity contribution in [2.75, 3.05) is 36.8 Å². The van der Waals surface area contributed by atoms with Gasteiger partial charge in [0.1, 0.15) is 0 Å². The smallest absolute Gasteiger partial charge is 0.283 e. The first-order chi connectivity index (χ1) is 13.5. The van der Waals surface area contributed by atoms with Crippen molar-refractivity contribution in [2.45, 2.75) is 4.90 Å². The van der Waals surface area contributed by atoms with Gasteiger partial charge in [0.2, 0.25) is 11.8 Å². The molecule has 2 aromatic rings. The lowest BCUT2D eigenvalue weighted by atomic mass is 10.2. The quantitative estimate of drug-likeness (QED) is 0.452. The Kier molecular flexibility index (Phi) is 6.15. The van der Waals surface area contributed by atoms with Gasteiger partial charge in [0.25, 0.3) is 5.69 Å². The zero-order valence-electron chi connectivity index (χ0n) is 15.1. The number of rotatable bonds is 6. The second-order valence-corrected chi connectivity index (χ2v) is 7.31. The second-order valence-electron chi connectivity index (χ2n) is 6.30. The molecule has 0 spiro atoms. The van der Waals surface area contributed by atoms with Gasteiger partial charge in [-0.05, 0) is 24.3 Å². The van der Waals surface area contributed by atoms with E-state index in [4.69, 9.17) is 5.73 Å². The molecule has 28 heavy (non-hydrogen) atoms. The summed E-state index contributed by atoms with van der Waals surface area (Å²) in [4.78, 5) is 38.8. The molecule has 0 unspecified atom stereocenters. The number of primary amides is 1. The Hall–Kier alpha value is -3.07. The van der Waals surface area contributed by atoms with Crippen LogP contribution in [0.3, 0.4) is 0 Å². The van der Waals surface area contributed by atoms with Crippen LogP contribution in [0.4, 0.5) is 11.4 Å². The summed E-state index contributed by atoms with van der Waals surface area (Å²) in [7, 11) is 0. The first-order valence-corrected chi connectivity index (χ1v) is 9.73. The molecule has 2 amide bonds. The van der Waals surface area contributed by atoms with Crippen LogP contribution in [0.2, 0.25) is 0 Å². The first-order valence-electron chi connectivity index (χ1n) is 8.74. The fourth-order valence-electron chi connectivity index (χ4n) is 3.02. The Morgan fingerprint density at radius 3 is 2.36 bits per heavy atom. The number of hydrogen-bond acceptors (Lipinski definition) is 6. The summed E-state index contributed by atoms with van der Waals surface area (Å²) in [6.07, 6.45) is 0. The summed E-state index contributed by atoms with van der Waals surface area (Å²) in [6, 6.07) is 14.1. The maximum absolute atomic E-state index is 12.5. The lowest BCUT2D eigenvalue weighted by Gasteiger charge is -2.36. The zero-order chi connectivity index (χ0) is 20.1. The number of anilines is 1. The zero-order valence-corrected chi connectivity index (χ0v) is 15.9. The number of hydrogen-bond donors (Lipinski definition) is 1. The van der Waals surface area contributed by atoms with Crippen LogP contribution >= 0.6 is 11.8 Å². The van der Waals surface area contributed by atoms with E-state index in [1.54, 1.807) is 4.90 Å². The van der Waals surface area contributed by atoms with E-state index in [1.165, 1.54) is 12.1 Å². The van der Waals surface area contributed by atoms with Crippen molar-refractivity contribution in [1.82, 2.24) is 4.90 Å². The number of nitro groups is 1. The Morgan fingerprint density at radius 2 is 1.75 bits per heavy atom. The molecule has 8 nitrogen and oxygen atoms in total. The molecule has 1 aliphatic rings. The van der Waals surface area contributed by atoms with Gasteiger partial charge in [-0.2, -0.15) is 0 Å². The van der Waals surface area contributed by atoms with Crippen molar-refractivity contribution < 1.29 is 14.5 Å². The van der Waals surface area contributed by atoms with Gasteiger partial charge < -0.3 is 15.5 Å². The highest BCUT2D eigenvalue weighted by Gasteiger charge is 2.23. The van der Waals surface area contributed by atoms with E-state index in [9.17, 15) is 19.7 Å². The number of nitrogens with zero attached hydrogens (tertiary/aromatic N) is 3. The predicted molar refractivity (Wildman–Crippen MR) is 108 cm³/mol. The SMILES string of the molecule is NC(=O)c1ccc(SCC(=O)N2CCN(c3ccccc3)CC2)c([N+](=O)[O-])c1. The van der Waals surface area contributed by atoms with E-state index in [-0.39, 0.29) is 22.9 Å². The standard InChI is InChI=1S/C19H20N4O4S/c20-19(25)14-6-7-17(16(12-14)23(26)27)28-13-18(24)22-10-8-21(9-11-22)15-4-2-1-3-5-15/h1-7,12H,8-11,13H2,(H2,20,25). The topological polar surface area (TPSA) is 110 Å². The Labute approximate surface area is 166 Å². The van der Waals surface area contributed by atoms with Crippen LogP contribution in [0.5, 0.6) is 0 Å². The van der Waals surface area contributed by atoms with Crippen molar-refractivity contribution in [1.29, 1.82) is 0 Å². The molecule has 0 bridgehead atoms. The summed E-state index contributed by atoms with van der Waals surface area (Å²) in [5.74, 6) is -0.694. The molecule has 146 valence electrons. The molecule has 0 aliphatic carbocycles. The summed E-state index contributed by atoms with van der Waals surface area (Å²) < 4.78 is 0. The second kappa shape index (κ2) is 8.75. The highest BCUT2D eigenvalue weighted by Crippen LogP contribution is 2.30. The molecule has 1 saturated heterocycles. The number of benzene rings is 2. The number of piperazine rings is 1. The van der Waals surface area contributed by atoms with Crippen molar-refractivity contribution in [3.05, 3.63) is 64.2 Å². The molecule has 3 rings (SSSR count). The van der Waals surface area contributed by atoms with Gasteiger partial charge in [-0.25, -0.2) is 0 Å². The van der Waals surface area contributed by atoms with Crippen LogP contribution in [-0.2, 0) is 4.79 Å². The summed E-state index contributed by atoms with van der Waals surface area (Å²) >= 11 is 1.10. The molecule has 1 heterocycles. The van der Waals surface area contributed by atoms with E-state index >= 15 is 0 Å². The predicted octanol–water partition coefficient (Wildman–Crippen LogP) is 2.13. The molecule has 0 saturated carbocycles. The van der Waals surface area contributed by atoms with Crippen molar-refractivity contribution >= 4 is 35.0 Å². The monoisotopic (exact) mass is 400 g/mol. The van der Waals surface area contributed by atoms with Crippen LogP contribution in [-0.4, -0.2) is 53.6 Å². The van der Waals surface area contributed by atoms with Gasteiger partial charge in [0.15, 0.2) is 0 Å². The Morgan fingerprint density at radius 1 is 1.07 bits per heavy atom. The molecule has 0 atom stereocenters. The fourth-order valence-corrected chi connectivity index (χ4v) is 3.93. The first kappa shape index (κ1) is 19.7. The lowest BCUT2D eigenvalue weighted by Crippen LogP contribution is -2.49. The minimum Gasteiger partial charge on any atom is -0.368 e. The Balaban J connectivity index is 1.58. The highest BCUT2D eigenvalue weighted by molar-refractivity contribution is 8.00. The molecule has 0 radical (unpaired) electrons. The van der Waals surface area contributed by atoms with Crippen molar-refractivity contribution in [3.8, 4) is 0 Å². The van der Waals surface area contributed by atoms with Crippen LogP contribution in [0, 0.1) is 10.1 Å². The summed E-state index contributed by atoms with van der Waals surface area (Å²) in [5.41, 5.74) is 6.16. The van der Waals surface area contributed by atoms with Gasteiger partial charge in [0.05, 0.1) is 15.6 Å². The number of nitrogens with two attached hydrogens (primary N) is 1. The lowest BCUT2D eigenvalue weighted by molar-refractivity contribution is -0.387. The van der Waals surface area contributed by atoms with Crippen LogP contribution < -0.4 is 10.6 Å². The Bertz CT molecular complexity index is 883. The molecule has 0 aromatic heterocycles. The summed E-state index contributed by atoms with van der Waals surface area (Å²) in [6.45, 7) is 2.70. The highest BCUT2D eigenvalue weighted by atomic mass is 32.2. The third-order valence-corrected chi connectivity index (χ3v) is 5.59. The molecule has 2 aromatic carbocycles. The third-order valence-electron chi connectivity index (χ3n) is 4.55. The fraction of sp³-hybridized carbons (Fsp3) is 0.263. The van der Waals surface area contributed by atoms with Gasteiger partial charge in [0, 0.05) is 43.5 Å². The summed E-state index contributed by atoms with van der Waals surface area (Å²) in [5, 5.41) is 11.3. The molecule has 2 N–H and O–H groups in total. The normalized spacial score (nSPS) is 14.0. The van der Waals surface area contributed by atoms with Gasteiger partial charge >= 0.3 is 0 Å². The van der Waals surface area contributed by atoms with Gasteiger partial charge in [-0.3, -0.25) is 19.7 Å². The minimum atomic E-state index is -0.730. The minimum absolute atomic E-state index is 0.0639. The van der Waals surface area contributed by atoms with Gasteiger partial charge in [-0.15, -0.1) is 11.8 Å².